The molecule has 0 aliphatic heterocycles. The number of nitrogens with zero attached hydrogens (tertiary/aromatic N) is 2. The highest BCUT2D eigenvalue weighted by Gasteiger charge is 2.44. The zero-order chi connectivity index (χ0) is 7.19. The van der Waals surface area contributed by atoms with Gasteiger partial charge in [0, 0.05) is 19.4 Å². The summed E-state index contributed by atoms with van der Waals surface area (Å²) in [4.78, 5) is 4.27. The molecular formula is C7H10BrClN2. The fraction of sp³-hybridized carbons (Fsp3) is 0.571. The maximum Gasteiger partial charge on any atom is 0.125 e. The highest BCUT2D eigenvalue weighted by atomic mass is 79.9. The first-order valence-electron chi connectivity index (χ1n) is 3.39. The third kappa shape index (κ3) is 1.44. The molecule has 11 heavy (non-hydrogen) atoms. The van der Waals surface area contributed by atoms with Crippen LogP contribution in [0.4, 0.5) is 0 Å². The summed E-state index contributed by atoms with van der Waals surface area (Å²) in [5, 5.41) is 0. The molecule has 1 heterocycles. The number of hydrogen-bond acceptors (Lipinski definition) is 1. The molecule has 1 saturated carbocycles. The lowest BCUT2D eigenvalue weighted by molar-refractivity contribution is 0.777. The van der Waals surface area contributed by atoms with Crippen LogP contribution < -0.4 is 0 Å². The number of hydrogen-bond donors (Lipinski definition) is 0. The van der Waals surface area contributed by atoms with Crippen molar-refractivity contribution in [2.75, 3.05) is 0 Å². The van der Waals surface area contributed by atoms with Crippen molar-refractivity contribution in [3.05, 3.63) is 18.2 Å². The van der Waals surface area contributed by atoms with Gasteiger partial charge in [-0.05, 0) is 12.8 Å². The van der Waals surface area contributed by atoms with Crippen molar-refractivity contribution in [3.63, 3.8) is 0 Å². The first-order chi connectivity index (χ1) is 4.72. The first kappa shape index (κ1) is 9.07. The number of imidazole rings is 1. The monoisotopic (exact) mass is 236 g/mol. The van der Waals surface area contributed by atoms with Crippen molar-refractivity contribution >= 4 is 28.3 Å². The van der Waals surface area contributed by atoms with E-state index in [0.29, 0.717) is 0 Å². The average molecular weight is 238 g/mol. The Hall–Kier alpha value is -0.0200. The molecule has 0 amide bonds. The Morgan fingerprint density at radius 3 is 2.64 bits per heavy atom. The summed E-state index contributed by atoms with van der Waals surface area (Å²) in [6.07, 6.45) is 6.27. The molecule has 0 unspecified atom stereocenters. The van der Waals surface area contributed by atoms with Crippen LogP contribution in [0.1, 0.15) is 18.7 Å². The fourth-order valence-corrected chi connectivity index (χ4v) is 1.71. The van der Waals surface area contributed by atoms with Gasteiger partial charge in [0.25, 0.3) is 0 Å². The van der Waals surface area contributed by atoms with E-state index in [9.17, 15) is 0 Å². The van der Waals surface area contributed by atoms with Gasteiger partial charge in [0.05, 0.1) is 4.32 Å². The predicted molar refractivity (Wildman–Crippen MR) is 50.3 cm³/mol. The van der Waals surface area contributed by atoms with Crippen molar-refractivity contribution in [3.8, 4) is 0 Å². The molecule has 0 radical (unpaired) electrons. The lowest BCUT2D eigenvalue weighted by Crippen LogP contribution is -2.04. The summed E-state index contributed by atoms with van der Waals surface area (Å²) in [5.41, 5.74) is 0. The first-order valence-corrected chi connectivity index (χ1v) is 4.18. The van der Waals surface area contributed by atoms with Gasteiger partial charge in [0.2, 0.25) is 0 Å². The summed E-state index contributed by atoms with van der Waals surface area (Å²) in [5.74, 6) is 1.16. The van der Waals surface area contributed by atoms with Gasteiger partial charge >= 0.3 is 0 Å². The second-order valence-corrected chi connectivity index (χ2v) is 4.35. The minimum absolute atomic E-state index is 0. The summed E-state index contributed by atoms with van der Waals surface area (Å²) in [7, 11) is 2.03. The molecule has 0 aromatic carbocycles. The smallest absolute Gasteiger partial charge is 0.125 e. The molecular weight excluding hydrogens is 227 g/mol. The van der Waals surface area contributed by atoms with E-state index in [1.807, 2.05) is 19.4 Å². The number of aromatic nitrogens is 2. The van der Waals surface area contributed by atoms with Crippen LogP contribution in [0, 0.1) is 0 Å². The largest absolute Gasteiger partial charge is 0.337 e. The third-order valence-electron chi connectivity index (χ3n) is 1.91. The minimum atomic E-state index is 0. The zero-order valence-corrected chi connectivity index (χ0v) is 8.65. The van der Waals surface area contributed by atoms with Gasteiger partial charge in [0.1, 0.15) is 5.82 Å². The van der Waals surface area contributed by atoms with Crippen LogP contribution in [0.5, 0.6) is 0 Å². The SMILES string of the molecule is Cl.Cn1ccnc1C1(Br)CC1. The quantitative estimate of drug-likeness (QED) is 0.685. The molecule has 2 nitrogen and oxygen atoms in total. The van der Waals surface area contributed by atoms with E-state index in [4.69, 9.17) is 0 Å². The van der Waals surface area contributed by atoms with Crippen LogP contribution in [0.2, 0.25) is 0 Å². The third-order valence-corrected chi connectivity index (χ3v) is 3.06. The van der Waals surface area contributed by atoms with Crippen LogP contribution in [0.25, 0.3) is 0 Å². The van der Waals surface area contributed by atoms with Crippen LogP contribution in [-0.2, 0) is 11.4 Å². The Balaban J connectivity index is 0.000000605. The highest BCUT2D eigenvalue weighted by molar-refractivity contribution is 9.09. The molecule has 1 aromatic heterocycles. The Morgan fingerprint density at radius 2 is 2.27 bits per heavy atom. The van der Waals surface area contributed by atoms with Gasteiger partial charge in [-0.2, -0.15) is 0 Å². The van der Waals surface area contributed by atoms with Crippen LogP contribution in [-0.4, -0.2) is 9.55 Å². The number of aryl methyl sites for hydroxylation is 1. The number of rotatable bonds is 1. The second-order valence-electron chi connectivity index (χ2n) is 2.83. The molecule has 0 N–H and O–H groups in total. The highest BCUT2D eigenvalue weighted by Crippen LogP contribution is 2.52. The molecule has 0 saturated heterocycles. The Kier molecular flexibility index (Phi) is 2.30. The molecule has 0 spiro atoms. The molecule has 1 aliphatic carbocycles. The molecule has 62 valence electrons. The van der Waals surface area contributed by atoms with Crippen molar-refractivity contribution < 1.29 is 0 Å². The maximum atomic E-state index is 4.27. The van der Waals surface area contributed by atoms with E-state index >= 15 is 0 Å². The van der Waals surface area contributed by atoms with E-state index in [-0.39, 0.29) is 16.7 Å². The van der Waals surface area contributed by atoms with Crippen molar-refractivity contribution in [1.82, 2.24) is 9.55 Å². The lowest BCUT2D eigenvalue weighted by Gasteiger charge is -2.04. The Labute approximate surface area is 80.5 Å². The van der Waals surface area contributed by atoms with Gasteiger partial charge in [-0.25, -0.2) is 4.98 Å². The molecule has 2 rings (SSSR count). The Morgan fingerprint density at radius 1 is 1.64 bits per heavy atom. The zero-order valence-electron chi connectivity index (χ0n) is 6.25. The van der Waals surface area contributed by atoms with E-state index in [1.165, 1.54) is 12.8 Å². The van der Waals surface area contributed by atoms with E-state index in [1.54, 1.807) is 0 Å². The minimum Gasteiger partial charge on any atom is -0.337 e. The van der Waals surface area contributed by atoms with Gasteiger partial charge in [-0.1, -0.05) is 15.9 Å². The summed E-state index contributed by atoms with van der Waals surface area (Å²) in [6, 6.07) is 0. The van der Waals surface area contributed by atoms with Gasteiger partial charge in [0.15, 0.2) is 0 Å². The molecule has 1 aliphatic rings. The molecule has 0 bridgehead atoms. The number of halogens is 2. The molecule has 4 heteroatoms. The van der Waals surface area contributed by atoms with Crippen molar-refractivity contribution in [2.24, 2.45) is 7.05 Å². The summed E-state index contributed by atoms with van der Waals surface area (Å²) in [6.45, 7) is 0. The standard InChI is InChI=1S/C7H9BrN2.ClH/c1-10-5-4-9-6(10)7(8)2-3-7;/h4-5H,2-3H2,1H3;1H. The Bertz CT molecular complexity index is 255. The van der Waals surface area contributed by atoms with E-state index < -0.39 is 0 Å². The average Bonchev–Trinajstić information content (AvgIpc) is 2.44. The van der Waals surface area contributed by atoms with Crippen molar-refractivity contribution in [1.29, 1.82) is 0 Å². The predicted octanol–water partition coefficient (Wildman–Crippen LogP) is 2.23. The molecule has 1 aromatic rings. The fourth-order valence-electron chi connectivity index (χ4n) is 1.13. The summed E-state index contributed by atoms with van der Waals surface area (Å²) >= 11 is 3.64. The van der Waals surface area contributed by atoms with Gasteiger partial charge < -0.3 is 4.57 Å². The molecule has 0 atom stereocenters. The summed E-state index contributed by atoms with van der Waals surface area (Å²) < 4.78 is 2.30. The maximum absolute atomic E-state index is 4.27. The van der Waals surface area contributed by atoms with Crippen molar-refractivity contribution in [2.45, 2.75) is 17.2 Å². The van der Waals surface area contributed by atoms with E-state index in [0.717, 1.165) is 5.82 Å². The van der Waals surface area contributed by atoms with Crippen LogP contribution >= 0.6 is 28.3 Å². The van der Waals surface area contributed by atoms with Gasteiger partial charge in [-0.15, -0.1) is 12.4 Å². The molecule has 1 fully saturated rings. The van der Waals surface area contributed by atoms with Crippen LogP contribution in [0.15, 0.2) is 12.4 Å². The second kappa shape index (κ2) is 2.79. The number of alkyl halides is 1. The lowest BCUT2D eigenvalue weighted by atomic mass is 10.4. The van der Waals surface area contributed by atoms with Crippen LogP contribution in [0.3, 0.4) is 0 Å². The topological polar surface area (TPSA) is 17.8 Å². The van der Waals surface area contributed by atoms with Gasteiger partial charge in [-0.3, -0.25) is 0 Å². The normalized spacial score (nSPS) is 19.1. The van der Waals surface area contributed by atoms with E-state index in [2.05, 4.69) is 25.5 Å².